The number of carbonyl (C=O) groups excluding carboxylic acids is 1. The van der Waals surface area contributed by atoms with Gasteiger partial charge in [0.25, 0.3) is 5.91 Å². The summed E-state index contributed by atoms with van der Waals surface area (Å²) in [7, 11) is 3.08. The Balaban J connectivity index is 1.69. The molecule has 0 aliphatic heterocycles. The van der Waals surface area contributed by atoms with E-state index >= 15 is 0 Å². The summed E-state index contributed by atoms with van der Waals surface area (Å²) in [6, 6.07) is 10.6. The second kappa shape index (κ2) is 7.64. The highest BCUT2D eigenvalue weighted by Crippen LogP contribution is 2.31. The Morgan fingerprint density at radius 3 is 2.69 bits per heavy atom. The molecule has 8 heteroatoms. The first-order valence-corrected chi connectivity index (χ1v) is 7.69. The van der Waals surface area contributed by atoms with Crippen LogP contribution in [0, 0.1) is 5.82 Å². The summed E-state index contributed by atoms with van der Waals surface area (Å²) >= 11 is 0. The van der Waals surface area contributed by atoms with Crippen molar-refractivity contribution < 1.29 is 23.2 Å². The van der Waals surface area contributed by atoms with Crippen LogP contribution in [0.25, 0.3) is 11.4 Å². The zero-order valence-electron chi connectivity index (χ0n) is 14.2. The van der Waals surface area contributed by atoms with Crippen molar-refractivity contribution in [2.75, 3.05) is 14.2 Å². The first-order chi connectivity index (χ1) is 12.6. The predicted molar refractivity (Wildman–Crippen MR) is 90.4 cm³/mol. The highest BCUT2D eigenvalue weighted by atomic mass is 19.1. The SMILES string of the molecule is COc1ccc(-c2noc(CNC(=O)c3cccc(F)c3)n2)cc1OC. The number of hydrogen-bond acceptors (Lipinski definition) is 6. The number of amides is 1. The fourth-order valence-corrected chi connectivity index (χ4v) is 2.31. The van der Waals surface area contributed by atoms with Crippen LogP contribution in [0.15, 0.2) is 47.0 Å². The maximum absolute atomic E-state index is 13.2. The van der Waals surface area contributed by atoms with E-state index in [4.69, 9.17) is 14.0 Å². The van der Waals surface area contributed by atoms with Gasteiger partial charge in [-0.15, -0.1) is 0 Å². The van der Waals surface area contributed by atoms with Crippen molar-refractivity contribution in [3.05, 3.63) is 59.7 Å². The Morgan fingerprint density at radius 1 is 1.15 bits per heavy atom. The van der Waals surface area contributed by atoms with Gasteiger partial charge in [-0.25, -0.2) is 4.39 Å². The summed E-state index contributed by atoms with van der Waals surface area (Å²) < 4.78 is 28.7. The van der Waals surface area contributed by atoms with Crippen molar-refractivity contribution in [3.8, 4) is 22.9 Å². The monoisotopic (exact) mass is 357 g/mol. The molecule has 0 saturated carbocycles. The molecular weight excluding hydrogens is 341 g/mol. The summed E-state index contributed by atoms with van der Waals surface area (Å²) in [6.07, 6.45) is 0. The van der Waals surface area contributed by atoms with Crippen LogP contribution in [0.5, 0.6) is 11.5 Å². The van der Waals surface area contributed by atoms with Gasteiger partial charge in [0.1, 0.15) is 5.82 Å². The molecule has 1 aromatic heterocycles. The fraction of sp³-hybridized carbons (Fsp3) is 0.167. The van der Waals surface area contributed by atoms with Gasteiger partial charge >= 0.3 is 0 Å². The second-order valence-electron chi connectivity index (χ2n) is 5.27. The standard InChI is InChI=1S/C18H16FN3O4/c1-24-14-7-6-11(9-15(14)25-2)17-21-16(26-22-17)10-20-18(23)12-4-3-5-13(19)8-12/h3-9H,10H2,1-2H3,(H,20,23). The molecule has 0 fully saturated rings. The van der Waals surface area contributed by atoms with E-state index in [0.717, 1.165) is 6.07 Å². The van der Waals surface area contributed by atoms with Gasteiger partial charge in [-0.3, -0.25) is 4.79 Å². The molecule has 1 amide bonds. The van der Waals surface area contributed by atoms with E-state index in [1.165, 1.54) is 25.3 Å². The minimum Gasteiger partial charge on any atom is -0.493 e. The van der Waals surface area contributed by atoms with E-state index in [9.17, 15) is 9.18 Å². The third kappa shape index (κ3) is 3.80. The van der Waals surface area contributed by atoms with E-state index in [0.29, 0.717) is 22.9 Å². The molecule has 0 saturated heterocycles. The zero-order valence-corrected chi connectivity index (χ0v) is 14.2. The molecule has 0 spiro atoms. The average Bonchev–Trinajstić information content (AvgIpc) is 3.14. The van der Waals surface area contributed by atoms with Gasteiger partial charge in [-0.2, -0.15) is 4.98 Å². The van der Waals surface area contributed by atoms with Crippen molar-refractivity contribution in [1.82, 2.24) is 15.5 Å². The van der Waals surface area contributed by atoms with E-state index in [1.54, 1.807) is 25.3 Å². The Hall–Kier alpha value is -3.42. The van der Waals surface area contributed by atoms with Crippen LogP contribution < -0.4 is 14.8 Å². The van der Waals surface area contributed by atoms with E-state index in [-0.39, 0.29) is 18.0 Å². The van der Waals surface area contributed by atoms with Crippen LogP contribution in [0.2, 0.25) is 0 Å². The quantitative estimate of drug-likeness (QED) is 0.730. The average molecular weight is 357 g/mol. The topological polar surface area (TPSA) is 86.5 Å². The lowest BCUT2D eigenvalue weighted by molar-refractivity contribution is 0.0946. The Bertz CT molecular complexity index is 926. The molecule has 3 rings (SSSR count). The molecule has 0 unspecified atom stereocenters. The molecule has 2 aromatic carbocycles. The van der Waals surface area contributed by atoms with Crippen molar-refractivity contribution in [1.29, 1.82) is 0 Å². The number of aromatic nitrogens is 2. The largest absolute Gasteiger partial charge is 0.493 e. The van der Waals surface area contributed by atoms with E-state index in [1.807, 2.05) is 0 Å². The van der Waals surface area contributed by atoms with Gasteiger partial charge in [0.05, 0.1) is 20.8 Å². The predicted octanol–water partition coefficient (Wildman–Crippen LogP) is 2.82. The van der Waals surface area contributed by atoms with Crippen molar-refractivity contribution in [2.24, 2.45) is 0 Å². The number of rotatable bonds is 6. The number of nitrogens with zero attached hydrogens (tertiary/aromatic N) is 2. The van der Waals surface area contributed by atoms with Crippen LogP contribution in [0.1, 0.15) is 16.2 Å². The minimum atomic E-state index is -0.480. The number of benzene rings is 2. The Kier molecular flexibility index (Phi) is 5.12. The summed E-state index contributed by atoms with van der Waals surface area (Å²) in [5.41, 5.74) is 0.888. The number of nitrogens with one attached hydrogen (secondary N) is 1. The molecular formula is C18H16FN3O4. The minimum absolute atomic E-state index is 0.0234. The van der Waals surface area contributed by atoms with Crippen LogP contribution in [-0.2, 0) is 6.54 Å². The zero-order chi connectivity index (χ0) is 18.5. The molecule has 134 valence electrons. The summed E-state index contributed by atoms with van der Waals surface area (Å²) in [5, 5.41) is 6.49. The lowest BCUT2D eigenvalue weighted by Crippen LogP contribution is -2.23. The molecule has 26 heavy (non-hydrogen) atoms. The highest BCUT2D eigenvalue weighted by Gasteiger charge is 2.13. The molecule has 3 aromatic rings. The second-order valence-corrected chi connectivity index (χ2v) is 5.27. The van der Waals surface area contributed by atoms with Crippen molar-refractivity contribution in [2.45, 2.75) is 6.54 Å². The number of carbonyl (C=O) groups is 1. The number of methoxy groups -OCH3 is 2. The van der Waals surface area contributed by atoms with Crippen LogP contribution in [-0.4, -0.2) is 30.3 Å². The van der Waals surface area contributed by atoms with Gasteiger partial charge in [0.15, 0.2) is 11.5 Å². The van der Waals surface area contributed by atoms with Crippen molar-refractivity contribution >= 4 is 5.91 Å². The van der Waals surface area contributed by atoms with Crippen molar-refractivity contribution in [3.63, 3.8) is 0 Å². The summed E-state index contributed by atoms with van der Waals surface area (Å²) in [5.74, 6) is 0.778. The number of ether oxygens (including phenoxy) is 2. The summed E-state index contributed by atoms with van der Waals surface area (Å²) in [4.78, 5) is 16.2. The first-order valence-electron chi connectivity index (χ1n) is 7.69. The molecule has 7 nitrogen and oxygen atoms in total. The van der Waals surface area contributed by atoms with Gasteiger partial charge in [-0.1, -0.05) is 11.2 Å². The van der Waals surface area contributed by atoms with E-state index in [2.05, 4.69) is 15.5 Å². The van der Waals surface area contributed by atoms with Gasteiger partial charge < -0.3 is 19.3 Å². The molecule has 1 heterocycles. The first kappa shape index (κ1) is 17.4. The lowest BCUT2D eigenvalue weighted by atomic mass is 10.2. The molecule has 0 aliphatic carbocycles. The molecule has 0 atom stereocenters. The third-order valence-electron chi connectivity index (χ3n) is 3.60. The van der Waals surface area contributed by atoms with Gasteiger partial charge in [0.2, 0.25) is 11.7 Å². The third-order valence-corrected chi connectivity index (χ3v) is 3.60. The maximum Gasteiger partial charge on any atom is 0.251 e. The molecule has 0 aliphatic rings. The molecule has 0 bridgehead atoms. The van der Waals surface area contributed by atoms with Crippen LogP contribution in [0.4, 0.5) is 4.39 Å². The smallest absolute Gasteiger partial charge is 0.251 e. The maximum atomic E-state index is 13.2. The normalized spacial score (nSPS) is 10.4. The number of halogens is 1. The van der Waals surface area contributed by atoms with Crippen LogP contribution in [0.3, 0.4) is 0 Å². The Morgan fingerprint density at radius 2 is 1.96 bits per heavy atom. The fourth-order valence-electron chi connectivity index (χ4n) is 2.31. The van der Waals surface area contributed by atoms with Crippen LogP contribution >= 0.6 is 0 Å². The molecule has 1 N–H and O–H groups in total. The Labute approximate surface area is 148 Å². The molecule has 0 radical (unpaired) electrons. The van der Waals surface area contributed by atoms with Gasteiger partial charge in [-0.05, 0) is 36.4 Å². The highest BCUT2D eigenvalue weighted by molar-refractivity contribution is 5.94. The summed E-state index contributed by atoms with van der Waals surface area (Å²) in [6.45, 7) is 0.0234. The van der Waals surface area contributed by atoms with Gasteiger partial charge in [0, 0.05) is 11.1 Å². The number of hydrogen-bond donors (Lipinski definition) is 1. The van der Waals surface area contributed by atoms with E-state index < -0.39 is 11.7 Å². The lowest BCUT2D eigenvalue weighted by Gasteiger charge is -2.07.